The molecule has 12 heavy (non-hydrogen) atoms. The lowest BCUT2D eigenvalue weighted by atomic mass is 10.1. The van der Waals surface area contributed by atoms with Crippen LogP contribution in [0.15, 0.2) is 25.0 Å². The quantitative estimate of drug-likeness (QED) is 0.389. The molecule has 0 saturated carbocycles. The van der Waals surface area contributed by atoms with E-state index in [1.165, 1.54) is 6.08 Å². The van der Waals surface area contributed by atoms with E-state index in [9.17, 15) is 4.79 Å². The van der Waals surface area contributed by atoms with Gasteiger partial charge in [0.25, 0.3) is 0 Å². The Morgan fingerprint density at radius 2 is 2.42 bits per heavy atom. The summed E-state index contributed by atoms with van der Waals surface area (Å²) in [4.78, 5) is 11.0. The smallest absolute Gasteiger partial charge is 0.309 e. The van der Waals surface area contributed by atoms with Crippen molar-refractivity contribution in [3.63, 3.8) is 0 Å². The molecule has 0 aromatic heterocycles. The Kier molecular flexibility index (Phi) is 5.79. The van der Waals surface area contributed by atoms with Crippen LogP contribution >= 0.6 is 0 Å². The zero-order valence-corrected chi connectivity index (χ0v) is 7.19. The van der Waals surface area contributed by atoms with Crippen LogP contribution < -0.4 is 0 Å². The first kappa shape index (κ1) is 10.8. The number of hydrogen-bond donors (Lipinski definition) is 1. The van der Waals surface area contributed by atoms with Crippen molar-refractivity contribution in [2.24, 2.45) is 5.92 Å². The Bertz CT molecular complexity index is 173. The maximum Gasteiger partial charge on any atom is 0.309 e. The molecule has 0 aliphatic heterocycles. The van der Waals surface area contributed by atoms with Crippen LogP contribution in [0.3, 0.4) is 0 Å². The third-order valence-corrected chi connectivity index (χ3v) is 1.35. The van der Waals surface area contributed by atoms with E-state index < -0.39 is 0 Å². The van der Waals surface area contributed by atoms with E-state index in [4.69, 9.17) is 9.84 Å². The molecule has 68 valence electrons. The third kappa shape index (κ3) is 4.55. The third-order valence-electron chi connectivity index (χ3n) is 1.35. The molecular weight excluding hydrogens is 156 g/mol. The first-order valence-corrected chi connectivity index (χ1v) is 3.79. The fourth-order valence-electron chi connectivity index (χ4n) is 0.662. The van der Waals surface area contributed by atoms with Gasteiger partial charge in [0.05, 0.1) is 12.2 Å². The topological polar surface area (TPSA) is 46.5 Å². The minimum Gasteiger partial charge on any atom is -0.516 e. The van der Waals surface area contributed by atoms with Crippen LogP contribution in [0, 0.1) is 5.92 Å². The van der Waals surface area contributed by atoms with Gasteiger partial charge in [-0.25, -0.2) is 0 Å². The number of allylic oxidation sites excluding steroid dienone is 1. The molecule has 3 nitrogen and oxygen atoms in total. The Morgan fingerprint density at radius 1 is 1.75 bits per heavy atom. The van der Waals surface area contributed by atoms with Crippen molar-refractivity contribution >= 4 is 5.97 Å². The van der Waals surface area contributed by atoms with E-state index in [1.807, 2.05) is 0 Å². The van der Waals surface area contributed by atoms with Gasteiger partial charge in [-0.2, -0.15) is 0 Å². The summed E-state index contributed by atoms with van der Waals surface area (Å²) in [5, 5.41) is 8.23. The largest absolute Gasteiger partial charge is 0.516 e. The molecule has 0 spiro atoms. The predicted octanol–water partition coefficient (Wildman–Crippen LogP) is 1.81. The summed E-state index contributed by atoms with van der Waals surface area (Å²) >= 11 is 0. The zero-order valence-electron chi connectivity index (χ0n) is 7.19. The van der Waals surface area contributed by atoms with Crippen molar-refractivity contribution in [2.75, 3.05) is 6.61 Å². The molecule has 0 aliphatic rings. The van der Waals surface area contributed by atoms with Crippen molar-refractivity contribution in [3.05, 3.63) is 25.0 Å². The minimum atomic E-state index is -0.270. The van der Waals surface area contributed by atoms with Crippen LogP contribution in [0.1, 0.15) is 13.3 Å². The molecule has 0 saturated heterocycles. The molecule has 0 aromatic rings. The fourth-order valence-corrected chi connectivity index (χ4v) is 0.662. The van der Waals surface area contributed by atoms with Crippen molar-refractivity contribution in [2.45, 2.75) is 13.3 Å². The molecule has 1 N–H and O–H groups in total. The van der Waals surface area contributed by atoms with E-state index >= 15 is 0 Å². The van der Waals surface area contributed by atoms with Gasteiger partial charge in [0.2, 0.25) is 0 Å². The molecule has 1 unspecified atom stereocenters. The van der Waals surface area contributed by atoms with Crippen LogP contribution in [0.5, 0.6) is 0 Å². The summed E-state index contributed by atoms with van der Waals surface area (Å²) in [7, 11) is 0. The van der Waals surface area contributed by atoms with Crippen LogP contribution in [-0.4, -0.2) is 17.7 Å². The molecule has 3 heteroatoms. The Morgan fingerprint density at radius 3 is 2.92 bits per heavy atom. The highest BCUT2D eigenvalue weighted by Crippen LogP contribution is 2.04. The van der Waals surface area contributed by atoms with Crippen LogP contribution in [0.25, 0.3) is 0 Å². The van der Waals surface area contributed by atoms with Crippen LogP contribution in [0.2, 0.25) is 0 Å². The van der Waals surface area contributed by atoms with Gasteiger partial charge >= 0.3 is 5.97 Å². The lowest BCUT2D eigenvalue weighted by Crippen LogP contribution is -2.14. The first-order chi connectivity index (χ1) is 5.72. The lowest BCUT2D eigenvalue weighted by Gasteiger charge is -2.06. The molecule has 0 bridgehead atoms. The molecule has 0 heterocycles. The van der Waals surface area contributed by atoms with Gasteiger partial charge in [0, 0.05) is 0 Å². The maximum atomic E-state index is 11.0. The number of rotatable bonds is 5. The normalized spacial score (nSPS) is 12.8. The maximum absolute atomic E-state index is 11.0. The summed E-state index contributed by atoms with van der Waals surface area (Å²) in [5.41, 5.74) is 0. The average Bonchev–Trinajstić information content (AvgIpc) is 2.05. The van der Waals surface area contributed by atoms with Gasteiger partial charge < -0.3 is 9.84 Å². The summed E-state index contributed by atoms with van der Waals surface area (Å²) < 4.78 is 4.76. The molecule has 0 rings (SSSR count). The highest BCUT2D eigenvalue weighted by molar-refractivity contribution is 5.72. The Labute approximate surface area is 72.3 Å². The standard InChI is InChI=1S/C9H14O3/c1-3-5-8(2)9(11)12-7-4-6-10/h3-4,6,8,10H,1,5,7H2,2H3. The first-order valence-electron chi connectivity index (χ1n) is 3.79. The highest BCUT2D eigenvalue weighted by Gasteiger charge is 2.11. The second kappa shape index (κ2) is 6.46. The fraction of sp³-hybridized carbons (Fsp3) is 0.444. The highest BCUT2D eigenvalue weighted by atomic mass is 16.5. The van der Waals surface area contributed by atoms with Gasteiger partial charge in [0.15, 0.2) is 0 Å². The number of carbonyl (C=O) groups excluding carboxylic acids is 1. The number of hydrogen-bond acceptors (Lipinski definition) is 3. The van der Waals surface area contributed by atoms with Crippen molar-refractivity contribution in [3.8, 4) is 0 Å². The predicted molar refractivity (Wildman–Crippen MR) is 46.7 cm³/mol. The van der Waals surface area contributed by atoms with E-state index in [-0.39, 0.29) is 18.5 Å². The zero-order chi connectivity index (χ0) is 9.40. The van der Waals surface area contributed by atoms with Crippen LogP contribution in [0.4, 0.5) is 0 Å². The Hall–Kier alpha value is -1.25. The lowest BCUT2D eigenvalue weighted by molar-refractivity contribution is -0.146. The van der Waals surface area contributed by atoms with Gasteiger partial charge in [-0.15, -0.1) is 6.58 Å². The van der Waals surface area contributed by atoms with Gasteiger partial charge in [-0.3, -0.25) is 4.79 Å². The molecule has 1 atom stereocenters. The van der Waals surface area contributed by atoms with E-state index in [0.717, 1.165) is 6.26 Å². The molecule has 0 amide bonds. The second-order valence-electron chi connectivity index (χ2n) is 2.44. The van der Waals surface area contributed by atoms with Gasteiger partial charge in [-0.05, 0) is 12.5 Å². The van der Waals surface area contributed by atoms with Gasteiger partial charge in [-0.1, -0.05) is 13.0 Å². The molecular formula is C9H14O3. The minimum absolute atomic E-state index is 0.122. The summed E-state index contributed by atoms with van der Waals surface area (Å²) in [6.07, 6.45) is 4.50. The summed E-state index contributed by atoms with van der Waals surface area (Å²) in [6, 6.07) is 0. The van der Waals surface area contributed by atoms with Crippen LogP contribution in [-0.2, 0) is 9.53 Å². The molecule has 0 radical (unpaired) electrons. The number of carbonyl (C=O) groups is 1. The monoisotopic (exact) mass is 170 g/mol. The van der Waals surface area contributed by atoms with Crippen molar-refractivity contribution < 1.29 is 14.6 Å². The SMILES string of the molecule is C=CCC(C)C(=O)OCC=CO. The average molecular weight is 170 g/mol. The number of aliphatic hydroxyl groups excluding tert-OH is 1. The van der Waals surface area contributed by atoms with E-state index in [0.29, 0.717) is 6.42 Å². The van der Waals surface area contributed by atoms with Crippen molar-refractivity contribution in [1.82, 2.24) is 0 Å². The molecule has 0 aromatic carbocycles. The number of aliphatic hydroxyl groups is 1. The van der Waals surface area contributed by atoms with Gasteiger partial charge in [0.1, 0.15) is 6.61 Å². The second-order valence-corrected chi connectivity index (χ2v) is 2.44. The van der Waals surface area contributed by atoms with E-state index in [2.05, 4.69) is 6.58 Å². The summed E-state index contributed by atoms with van der Waals surface area (Å²) in [6.45, 7) is 5.41. The molecule has 0 fully saturated rings. The Balaban J connectivity index is 3.63. The van der Waals surface area contributed by atoms with E-state index in [1.54, 1.807) is 13.0 Å². The summed E-state index contributed by atoms with van der Waals surface area (Å²) in [5.74, 6) is -0.428. The van der Waals surface area contributed by atoms with Crippen molar-refractivity contribution in [1.29, 1.82) is 0 Å². The molecule has 0 aliphatic carbocycles. The number of esters is 1. The number of ether oxygens (including phenoxy) is 1.